The second-order valence-corrected chi connectivity index (χ2v) is 3.70. The molecule has 90 valence electrons. The van der Waals surface area contributed by atoms with Gasteiger partial charge in [0.15, 0.2) is 5.78 Å². The summed E-state index contributed by atoms with van der Waals surface area (Å²) in [5.41, 5.74) is 0.911. The second-order valence-electron chi connectivity index (χ2n) is 3.70. The lowest BCUT2D eigenvalue weighted by Gasteiger charge is -2.24. The zero-order valence-corrected chi connectivity index (χ0v) is 9.30. The van der Waals surface area contributed by atoms with E-state index in [4.69, 9.17) is 9.57 Å². The first-order chi connectivity index (χ1) is 8.25. The molecule has 0 bridgehead atoms. The monoisotopic (exact) mass is 235 g/mol. The molecule has 1 aromatic rings. The number of carbonyl (C=O) groups excluding carboxylic acids is 2. The van der Waals surface area contributed by atoms with Gasteiger partial charge in [-0.2, -0.15) is 5.06 Å². The van der Waals surface area contributed by atoms with Crippen molar-refractivity contribution in [3.63, 3.8) is 0 Å². The third-order valence-electron chi connectivity index (χ3n) is 2.38. The van der Waals surface area contributed by atoms with Crippen molar-refractivity contribution >= 4 is 11.9 Å². The molecule has 0 radical (unpaired) electrons. The van der Waals surface area contributed by atoms with E-state index in [1.807, 2.05) is 30.3 Å². The van der Waals surface area contributed by atoms with Crippen LogP contribution in [0.25, 0.3) is 0 Å². The van der Waals surface area contributed by atoms with E-state index in [0.29, 0.717) is 6.42 Å². The zero-order chi connectivity index (χ0) is 12.1. The van der Waals surface area contributed by atoms with Crippen LogP contribution in [0.3, 0.4) is 0 Å². The summed E-state index contributed by atoms with van der Waals surface area (Å²) in [5, 5.41) is 1.09. The van der Waals surface area contributed by atoms with E-state index < -0.39 is 6.09 Å². The molecule has 1 saturated heterocycles. The molecule has 0 spiro atoms. The summed E-state index contributed by atoms with van der Waals surface area (Å²) in [6, 6.07) is 9.38. The molecule has 0 atom stereocenters. The highest BCUT2D eigenvalue weighted by molar-refractivity contribution is 5.81. The van der Waals surface area contributed by atoms with Crippen LogP contribution < -0.4 is 0 Å². The molecule has 0 aromatic heterocycles. The fraction of sp³-hybridized carbons (Fsp3) is 0.333. The normalized spacial score (nSPS) is 15.8. The molecule has 5 nitrogen and oxygen atoms in total. The summed E-state index contributed by atoms with van der Waals surface area (Å²) < 4.78 is 5.05. The maximum atomic E-state index is 11.5. The number of ketones is 1. The zero-order valence-electron chi connectivity index (χ0n) is 9.30. The molecule has 17 heavy (non-hydrogen) atoms. The Kier molecular flexibility index (Phi) is 3.72. The largest absolute Gasteiger partial charge is 0.443 e. The van der Waals surface area contributed by atoms with Crippen LogP contribution >= 0.6 is 0 Å². The van der Waals surface area contributed by atoms with Crippen molar-refractivity contribution in [2.24, 2.45) is 0 Å². The van der Waals surface area contributed by atoms with Crippen molar-refractivity contribution < 1.29 is 19.2 Å². The van der Waals surface area contributed by atoms with Crippen molar-refractivity contribution in [2.75, 3.05) is 13.2 Å². The Labute approximate surface area is 98.9 Å². The molecule has 0 N–H and O–H groups in total. The lowest BCUT2D eigenvalue weighted by atomic mass is 10.2. The average Bonchev–Trinajstić information content (AvgIpc) is 2.38. The van der Waals surface area contributed by atoms with Gasteiger partial charge in [-0.25, -0.2) is 4.79 Å². The van der Waals surface area contributed by atoms with Crippen LogP contribution in [-0.2, 0) is 21.0 Å². The first-order valence-electron chi connectivity index (χ1n) is 5.38. The lowest BCUT2D eigenvalue weighted by Crippen LogP contribution is -2.39. The van der Waals surface area contributed by atoms with Gasteiger partial charge in [0.2, 0.25) is 0 Å². The topological polar surface area (TPSA) is 55.8 Å². The van der Waals surface area contributed by atoms with Gasteiger partial charge in [-0.05, 0) is 5.56 Å². The molecule has 0 saturated carbocycles. The van der Waals surface area contributed by atoms with Crippen LogP contribution in [0.15, 0.2) is 30.3 Å². The lowest BCUT2D eigenvalue weighted by molar-refractivity contribution is -0.170. The minimum Gasteiger partial charge on any atom is -0.443 e. The van der Waals surface area contributed by atoms with Crippen LogP contribution in [0.4, 0.5) is 4.79 Å². The highest BCUT2D eigenvalue weighted by Crippen LogP contribution is 2.07. The number of hydroxylamine groups is 2. The van der Waals surface area contributed by atoms with Crippen molar-refractivity contribution in [3.05, 3.63) is 35.9 Å². The highest BCUT2D eigenvalue weighted by Gasteiger charge is 2.23. The van der Waals surface area contributed by atoms with Gasteiger partial charge in [0.25, 0.3) is 0 Å². The Morgan fingerprint density at radius 2 is 2.12 bits per heavy atom. The van der Waals surface area contributed by atoms with Crippen molar-refractivity contribution in [1.82, 2.24) is 5.06 Å². The van der Waals surface area contributed by atoms with Gasteiger partial charge in [-0.1, -0.05) is 30.3 Å². The SMILES string of the molecule is O=C1CCN(C(=O)OCc2ccccc2)OC1. The molecule has 5 heteroatoms. The fourth-order valence-corrected chi connectivity index (χ4v) is 1.45. The van der Waals surface area contributed by atoms with Gasteiger partial charge in [-0.15, -0.1) is 0 Å². The third-order valence-corrected chi connectivity index (χ3v) is 2.38. The van der Waals surface area contributed by atoms with Gasteiger partial charge in [-0.3, -0.25) is 9.63 Å². The number of benzene rings is 1. The Bertz CT molecular complexity index is 394. The predicted octanol–water partition coefficient (Wildman–Crippen LogP) is 1.53. The molecule has 1 heterocycles. The smallest absolute Gasteiger partial charge is 0.434 e. The van der Waals surface area contributed by atoms with E-state index in [1.165, 1.54) is 0 Å². The number of hydrogen-bond acceptors (Lipinski definition) is 4. The van der Waals surface area contributed by atoms with Gasteiger partial charge >= 0.3 is 6.09 Å². The van der Waals surface area contributed by atoms with Gasteiger partial charge in [0.05, 0.1) is 6.54 Å². The minimum atomic E-state index is -0.554. The summed E-state index contributed by atoms with van der Waals surface area (Å²) in [5.74, 6) is -0.00268. The highest BCUT2D eigenvalue weighted by atomic mass is 16.7. The van der Waals surface area contributed by atoms with Crippen LogP contribution in [0.5, 0.6) is 0 Å². The number of amides is 1. The molecule has 1 aliphatic heterocycles. The van der Waals surface area contributed by atoms with Crippen LogP contribution in [-0.4, -0.2) is 30.1 Å². The summed E-state index contributed by atoms with van der Waals surface area (Å²) in [6.07, 6.45) is -0.234. The number of Topliss-reactive ketones (excluding diaryl/α,β-unsaturated/α-hetero) is 1. The maximum absolute atomic E-state index is 11.5. The van der Waals surface area contributed by atoms with Crippen molar-refractivity contribution in [1.29, 1.82) is 0 Å². The average molecular weight is 235 g/mol. The number of hydrogen-bond donors (Lipinski definition) is 0. The number of rotatable bonds is 2. The number of ether oxygens (including phenoxy) is 1. The van der Waals surface area contributed by atoms with E-state index in [9.17, 15) is 9.59 Å². The predicted molar refractivity (Wildman–Crippen MR) is 58.9 cm³/mol. The molecule has 2 rings (SSSR count). The van der Waals surface area contributed by atoms with Gasteiger partial charge in [0.1, 0.15) is 13.2 Å². The summed E-state index contributed by atoms with van der Waals surface area (Å²) in [6.45, 7) is 0.403. The van der Waals surface area contributed by atoms with E-state index >= 15 is 0 Å². The van der Waals surface area contributed by atoms with E-state index in [-0.39, 0.29) is 25.5 Å². The standard InChI is InChI=1S/C12H13NO4/c14-11-6-7-13(17-9-11)12(15)16-8-10-4-2-1-3-5-10/h1-5H,6-9H2. The molecular formula is C12H13NO4. The van der Waals surface area contributed by atoms with E-state index in [1.54, 1.807) is 0 Å². The minimum absolute atomic E-state index is 0.00268. The maximum Gasteiger partial charge on any atom is 0.434 e. The quantitative estimate of drug-likeness (QED) is 0.780. The molecule has 1 aromatic carbocycles. The molecule has 1 aliphatic rings. The Morgan fingerprint density at radius 3 is 2.76 bits per heavy atom. The first kappa shape index (κ1) is 11.6. The van der Waals surface area contributed by atoms with E-state index in [2.05, 4.69) is 0 Å². The second kappa shape index (κ2) is 5.45. The van der Waals surface area contributed by atoms with Gasteiger partial charge < -0.3 is 4.74 Å². The first-order valence-corrected chi connectivity index (χ1v) is 5.38. The Hall–Kier alpha value is -1.88. The van der Waals surface area contributed by atoms with Crippen LogP contribution in [0.2, 0.25) is 0 Å². The molecule has 1 fully saturated rings. The van der Waals surface area contributed by atoms with Crippen LogP contribution in [0.1, 0.15) is 12.0 Å². The van der Waals surface area contributed by atoms with Crippen molar-refractivity contribution in [2.45, 2.75) is 13.0 Å². The Morgan fingerprint density at radius 1 is 1.35 bits per heavy atom. The number of carbonyl (C=O) groups is 2. The summed E-state index contributed by atoms with van der Waals surface area (Å²) >= 11 is 0. The molecule has 0 unspecified atom stereocenters. The Balaban J connectivity index is 1.80. The third kappa shape index (κ3) is 3.29. The molecular weight excluding hydrogens is 222 g/mol. The van der Waals surface area contributed by atoms with E-state index in [0.717, 1.165) is 10.6 Å². The van der Waals surface area contributed by atoms with Gasteiger partial charge in [0, 0.05) is 6.42 Å². The molecule has 0 aliphatic carbocycles. The summed E-state index contributed by atoms with van der Waals surface area (Å²) in [4.78, 5) is 27.4. The number of nitrogens with zero attached hydrogens (tertiary/aromatic N) is 1. The molecule has 1 amide bonds. The van der Waals surface area contributed by atoms with Crippen LogP contribution in [0, 0.1) is 0 Å². The van der Waals surface area contributed by atoms with Crippen molar-refractivity contribution in [3.8, 4) is 0 Å². The summed E-state index contributed by atoms with van der Waals surface area (Å²) in [7, 11) is 0. The fourth-order valence-electron chi connectivity index (χ4n) is 1.45.